The number of carbonyl (C=O) groups is 1. The van der Waals surface area contributed by atoms with Gasteiger partial charge in [-0.25, -0.2) is 12.7 Å². The molecule has 0 aromatic rings. The summed E-state index contributed by atoms with van der Waals surface area (Å²) in [5.41, 5.74) is -0.984. The monoisotopic (exact) mass is 273 g/mol. The first-order valence-corrected chi connectivity index (χ1v) is 7.76. The number of nitrogens with zero attached hydrogens (tertiary/aromatic N) is 1. The minimum atomic E-state index is -3.28. The van der Waals surface area contributed by atoms with Crippen molar-refractivity contribution < 1.29 is 18.3 Å². The quantitative estimate of drug-likeness (QED) is 0.764. The number of hydrogen-bond acceptors (Lipinski definition) is 3. The summed E-state index contributed by atoms with van der Waals surface area (Å²) in [6.45, 7) is 4.13. The highest BCUT2D eigenvalue weighted by molar-refractivity contribution is 7.90. The third kappa shape index (κ3) is 2.31. The maximum absolute atomic E-state index is 12.2. The van der Waals surface area contributed by atoms with Gasteiger partial charge in [0.25, 0.3) is 0 Å². The van der Waals surface area contributed by atoms with E-state index >= 15 is 0 Å². The Morgan fingerprint density at radius 1 is 1.50 bits per heavy atom. The highest BCUT2D eigenvalue weighted by atomic mass is 32.2. The molecule has 6 heteroatoms. The summed E-state index contributed by atoms with van der Waals surface area (Å²) in [6.07, 6.45) is 4.43. The minimum Gasteiger partial charge on any atom is -0.481 e. The SMILES string of the molecule is C=CC[C@]1(C(=O)O)CCCN(S(=O)(=O)C2CC2)C1. The Morgan fingerprint density at radius 2 is 2.17 bits per heavy atom. The molecule has 2 aliphatic rings. The van der Waals surface area contributed by atoms with Gasteiger partial charge in [0.2, 0.25) is 10.0 Å². The molecule has 18 heavy (non-hydrogen) atoms. The van der Waals surface area contributed by atoms with Crippen LogP contribution in [0.1, 0.15) is 32.1 Å². The van der Waals surface area contributed by atoms with E-state index < -0.39 is 21.4 Å². The van der Waals surface area contributed by atoms with Crippen molar-refractivity contribution in [3.8, 4) is 0 Å². The molecule has 1 heterocycles. The van der Waals surface area contributed by atoms with Gasteiger partial charge in [0.1, 0.15) is 0 Å². The largest absolute Gasteiger partial charge is 0.481 e. The van der Waals surface area contributed by atoms with Gasteiger partial charge in [-0.15, -0.1) is 6.58 Å². The molecule has 1 saturated heterocycles. The van der Waals surface area contributed by atoms with Crippen molar-refractivity contribution in [1.29, 1.82) is 0 Å². The Hall–Kier alpha value is -0.880. The zero-order chi connectivity index (χ0) is 13.4. The predicted octanol–water partition coefficient (Wildman–Crippen LogP) is 1.22. The zero-order valence-electron chi connectivity index (χ0n) is 10.3. The van der Waals surface area contributed by atoms with Gasteiger partial charge in [-0.05, 0) is 32.1 Å². The second-order valence-corrected chi connectivity index (χ2v) is 7.47. The molecule has 1 aliphatic carbocycles. The minimum absolute atomic E-state index is 0.0905. The van der Waals surface area contributed by atoms with E-state index in [1.54, 1.807) is 6.08 Å². The van der Waals surface area contributed by atoms with E-state index in [4.69, 9.17) is 0 Å². The Bertz CT molecular complexity index is 455. The topological polar surface area (TPSA) is 74.7 Å². The molecule has 2 rings (SSSR count). The molecule has 0 radical (unpaired) electrons. The van der Waals surface area contributed by atoms with Crippen molar-refractivity contribution in [2.75, 3.05) is 13.1 Å². The van der Waals surface area contributed by atoms with Gasteiger partial charge in [0, 0.05) is 13.1 Å². The van der Waals surface area contributed by atoms with E-state index in [9.17, 15) is 18.3 Å². The van der Waals surface area contributed by atoms with E-state index in [1.165, 1.54) is 4.31 Å². The Morgan fingerprint density at radius 3 is 2.67 bits per heavy atom. The number of piperidine rings is 1. The van der Waals surface area contributed by atoms with Gasteiger partial charge in [-0.1, -0.05) is 6.08 Å². The Balaban J connectivity index is 2.21. The molecule has 0 amide bonds. The first-order chi connectivity index (χ1) is 8.42. The lowest BCUT2D eigenvalue weighted by Gasteiger charge is -2.38. The van der Waals surface area contributed by atoms with Gasteiger partial charge >= 0.3 is 5.97 Å². The highest BCUT2D eigenvalue weighted by Gasteiger charge is 2.48. The van der Waals surface area contributed by atoms with E-state index in [-0.39, 0.29) is 11.8 Å². The molecule has 0 aromatic heterocycles. The van der Waals surface area contributed by atoms with Crippen molar-refractivity contribution in [3.05, 3.63) is 12.7 Å². The van der Waals surface area contributed by atoms with Crippen LogP contribution < -0.4 is 0 Å². The first-order valence-electron chi connectivity index (χ1n) is 6.26. The summed E-state index contributed by atoms with van der Waals surface area (Å²) in [5, 5.41) is 9.12. The first kappa shape index (κ1) is 13.5. The molecule has 1 aliphatic heterocycles. The van der Waals surface area contributed by atoms with Gasteiger partial charge in [0.05, 0.1) is 10.7 Å². The molecule has 1 atom stereocenters. The number of carboxylic acid groups (broad SMARTS) is 1. The van der Waals surface area contributed by atoms with Crippen LogP contribution in [-0.2, 0) is 14.8 Å². The molecule has 1 saturated carbocycles. The summed E-state index contributed by atoms with van der Waals surface area (Å²) in [5.74, 6) is -0.918. The Kier molecular flexibility index (Phi) is 3.51. The molecule has 2 fully saturated rings. The van der Waals surface area contributed by atoms with Crippen molar-refractivity contribution in [2.24, 2.45) is 5.41 Å². The zero-order valence-corrected chi connectivity index (χ0v) is 11.2. The third-order valence-corrected chi connectivity index (χ3v) is 6.18. The Labute approximate surface area is 108 Å². The molecule has 102 valence electrons. The molecule has 0 bridgehead atoms. The molecule has 0 unspecified atom stereocenters. The fourth-order valence-corrected chi connectivity index (χ4v) is 4.55. The molecule has 0 spiro atoms. The number of hydrogen-bond donors (Lipinski definition) is 1. The van der Waals surface area contributed by atoms with Crippen molar-refractivity contribution >= 4 is 16.0 Å². The number of sulfonamides is 1. The summed E-state index contributed by atoms with van der Waals surface area (Å²) < 4.78 is 25.7. The average molecular weight is 273 g/mol. The maximum Gasteiger partial charge on any atom is 0.311 e. The van der Waals surface area contributed by atoms with Gasteiger partial charge < -0.3 is 5.11 Å². The van der Waals surface area contributed by atoms with Gasteiger partial charge in [0.15, 0.2) is 0 Å². The average Bonchev–Trinajstić information content (AvgIpc) is 3.13. The van der Waals surface area contributed by atoms with Crippen LogP contribution >= 0.6 is 0 Å². The number of aliphatic carboxylic acids is 1. The third-order valence-electron chi connectivity index (χ3n) is 3.84. The summed E-state index contributed by atoms with van der Waals surface area (Å²) >= 11 is 0. The molecular weight excluding hydrogens is 254 g/mol. The van der Waals surface area contributed by atoms with Crippen LogP contribution in [0.25, 0.3) is 0 Å². The van der Waals surface area contributed by atoms with E-state index in [2.05, 4.69) is 6.58 Å². The lowest BCUT2D eigenvalue weighted by Crippen LogP contribution is -2.50. The number of allylic oxidation sites excluding steroid dienone is 1. The summed E-state index contributed by atoms with van der Waals surface area (Å²) in [7, 11) is -3.28. The highest BCUT2D eigenvalue weighted by Crippen LogP contribution is 2.39. The van der Waals surface area contributed by atoms with Crippen molar-refractivity contribution in [3.63, 3.8) is 0 Å². The predicted molar refractivity (Wildman–Crippen MR) is 67.6 cm³/mol. The standard InChI is InChI=1S/C12H19NO4S/c1-2-6-12(11(14)15)7-3-8-13(9-12)18(16,17)10-4-5-10/h2,10H,1,3-9H2,(H,14,15)/t12-/m0/s1. The van der Waals surface area contributed by atoms with Crippen LogP contribution in [0.2, 0.25) is 0 Å². The van der Waals surface area contributed by atoms with Crippen molar-refractivity contribution in [2.45, 2.75) is 37.4 Å². The van der Waals surface area contributed by atoms with E-state index in [0.29, 0.717) is 38.6 Å². The molecule has 5 nitrogen and oxygen atoms in total. The van der Waals surface area contributed by atoms with Crippen molar-refractivity contribution in [1.82, 2.24) is 4.31 Å². The normalized spacial score (nSPS) is 30.0. The second-order valence-electron chi connectivity index (χ2n) is 5.26. The van der Waals surface area contributed by atoms with Crippen LogP contribution in [0, 0.1) is 5.41 Å². The fraction of sp³-hybridized carbons (Fsp3) is 0.750. The molecular formula is C12H19NO4S. The van der Waals surface area contributed by atoms with Crippen LogP contribution in [0.5, 0.6) is 0 Å². The van der Waals surface area contributed by atoms with Crippen LogP contribution in [0.4, 0.5) is 0 Å². The van der Waals surface area contributed by atoms with Crippen LogP contribution in [0.15, 0.2) is 12.7 Å². The van der Waals surface area contributed by atoms with Gasteiger partial charge in [-0.3, -0.25) is 4.79 Å². The summed E-state index contributed by atoms with van der Waals surface area (Å²) in [6, 6.07) is 0. The lowest BCUT2D eigenvalue weighted by atomic mass is 9.78. The smallest absolute Gasteiger partial charge is 0.311 e. The fourth-order valence-electron chi connectivity index (χ4n) is 2.59. The number of carboxylic acids is 1. The molecule has 0 aromatic carbocycles. The van der Waals surface area contributed by atoms with Crippen LogP contribution in [0.3, 0.4) is 0 Å². The summed E-state index contributed by atoms with van der Waals surface area (Å²) in [4.78, 5) is 11.5. The van der Waals surface area contributed by atoms with Crippen LogP contribution in [-0.4, -0.2) is 42.1 Å². The second kappa shape index (κ2) is 4.66. The van der Waals surface area contributed by atoms with E-state index in [0.717, 1.165) is 0 Å². The van der Waals surface area contributed by atoms with E-state index in [1.807, 2.05) is 0 Å². The van der Waals surface area contributed by atoms with Gasteiger partial charge in [-0.2, -0.15) is 0 Å². The lowest BCUT2D eigenvalue weighted by molar-refractivity contribution is -0.151. The maximum atomic E-state index is 12.2. The number of rotatable bonds is 5. The molecule has 1 N–H and O–H groups in total.